The van der Waals surface area contributed by atoms with Gasteiger partial charge >= 0.3 is 0 Å². The van der Waals surface area contributed by atoms with Crippen LogP contribution in [0, 0.1) is 12.8 Å². The number of piperidine rings is 2. The van der Waals surface area contributed by atoms with Crippen LogP contribution >= 0.6 is 0 Å². The van der Waals surface area contributed by atoms with Crippen LogP contribution in [-0.4, -0.2) is 70.8 Å². The molecule has 0 spiro atoms. The normalized spacial score (nSPS) is 19.9. The lowest BCUT2D eigenvalue weighted by atomic mass is 9.83. The van der Waals surface area contributed by atoms with E-state index in [1.165, 1.54) is 0 Å². The SMILES string of the molecule is COCC(=O)N1CC[C@H]2[C@H](CCCN2C(=O)c2c(-c3ccccc3)nn(-c3ccccc3)c2C)C1. The van der Waals surface area contributed by atoms with E-state index in [2.05, 4.69) is 4.90 Å². The number of hydrogen-bond donors (Lipinski definition) is 0. The van der Waals surface area contributed by atoms with Gasteiger partial charge in [-0.3, -0.25) is 9.59 Å². The van der Waals surface area contributed by atoms with E-state index >= 15 is 0 Å². The lowest BCUT2D eigenvalue weighted by molar-refractivity contribution is -0.138. The molecule has 2 atom stereocenters. The number of fused-ring (bicyclic) bond motifs is 1. The highest BCUT2D eigenvalue weighted by Crippen LogP contribution is 2.35. The van der Waals surface area contributed by atoms with Crippen molar-refractivity contribution in [3.63, 3.8) is 0 Å². The minimum absolute atomic E-state index is 0.0285. The summed E-state index contributed by atoms with van der Waals surface area (Å²) in [6.45, 7) is 4.16. The zero-order valence-electron chi connectivity index (χ0n) is 20.4. The number of methoxy groups -OCH3 is 1. The monoisotopic (exact) mass is 472 g/mol. The van der Waals surface area contributed by atoms with Crippen molar-refractivity contribution >= 4 is 11.8 Å². The molecule has 0 unspecified atom stereocenters. The summed E-state index contributed by atoms with van der Waals surface area (Å²) in [6, 6.07) is 20.0. The smallest absolute Gasteiger partial charge is 0.258 e. The minimum Gasteiger partial charge on any atom is -0.375 e. The van der Waals surface area contributed by atoms with E-state index in [4.69, 9.17) is 9.84 Å². The molecule has 2 aromatic carbocycles. The molecule has 0 N–H and O–H groups in total. The van der Waals surface area contributed by atoms with Crippen LogP contribution in [0.5, 0.6) is 0 Å². The van der Waals surface area contributed by atoms with Crippen molar-refractivity contribution in [3.8, 4) is 16.9 Å². The third kappa shape index (κ3) is 4.48. The summed E-state index contributed by atoms with van der Waals surface area (Å²) in [4.78, 5) is 30.6. The number of amides is 2. The van der Waals surface area contributed by atoms with E-state index in [0.717, 1.165) is 42.8 Å². The summed E-state index contributed by atoms with van der Waals surface area (Å²) in [5, 5.41) is 4.93. The van der Waals surface area contributed by atoms with Gasteiger partial charge < -0.3 is 14.5 Å². The van der Waals surface area contributed by atoms with Gasteiger partial charge in [0.2, 0.25) is 5.91 Å². The maximum absolute atomic E-state index is 14.2. The van der Waals surface area contributed by atoms with Gasteiger partial charge in [0, 0.05) is 38.3 Å². The molecule has 2 fully saturated rings. The molecule has 0 saturated carbocycles. The lowest BCUT2D eigenvalue weighted by Crippen LogP contribution is -2.57. The topological polar surface area (TPSA) is 67.7 Å². The largest absolute Gasteiger partial charge is 0.375 e. The number of likely N-dealkylation sites (tertiary alicyclic amines) is 2. The lowest BCUT2D eigenvalue weighted by Gasteiger charge is -2.47. The van der Waals surface area contributed by atoms with Crippen LogP contribution < -0.4 is 0 Å². The molecule has 0 radical (unpaired) electrons. The van der Waals surface area contributed by atoms with E-state index in [1.54, 1.807) is 7.11 Å². The van der Waals surface area contributed by atoms with Crippen molar-refractivity contribution in [2.45, 2.75) is 32.2 Å². The number of para-hydroxylation sites is 1. The summed E-state index contributed by atoms with van der Waals surface area (Å²) in [7, 11) is 1.55. The maximum atomic E-state index is 14.2. The summed E-state index contributed by atoms with van der Waals surface area (Å²) in [6.07, 6.45) is 2.75. The van der Waals surface area contributed by atoms with Gasteiger partial charge in [0.05, 0.1) is 16.9 Å². The Morgan fingerprint density at radius 1 is 1.00 bits per heavy atom. The molecular formula is C28H32N4O3. The molecule has 2 amide bonds. The molecule has 35 heavy (non-hydrogen) atoms. The van der Waals surface area contributed by atoms with Crippen LogP contribution in [0.4, 0.5) is 0 Å². The first-order valence-corrected chi connectivity index (χ1v) is 12.4. The van der Waals surface area contributed by atoms with Crippen molar-refractivity contribution in [1.82, 2.24) is 19.6 Å². The number of ether oxygens (including phenoxy) is 1. The molecule has 7 nitrogen and oxygen atoms in total. The molecule has 182 valence electrons. The number of hydrogen-bond acceptors (Lipinski definition) is 4. The fourth-order valence-corrected chi connectivity index (χ4v) is 5.62. The molecule has 1 aromatic heterocycles. The van der Waals surface area contributed by atoms with Gasteiger partial charge in [-0.15, -0.1) is 0 Å². The molecule has 0 aliphatic carbocycles. The average molecular weight is 473 g/mol. The Balaban J connectivity index is 1.49. The highest BCUT2D eigenvalue weighted by atomic mass is 16.5. The van der Waals surface area contributed by atoms with Crippen LogP contribution in [0.3, 0.4) is 0 Å². The Bertz CT molecular complexity index is 1190. The molecule has 2 saturated heterocycles. The summed E-state index contributed by atoms with van der Waals surface area (Å²) in [5.41, 5.74) is 4.09. The highest BCUT2D eigenvalue weighted by Gasteiger charge is 2.41. The van der Waals surface area contributed by atoms with Gasteiger partial charge in [-0.1, -0.05) is 48.5 Å². The number of carbonyl (C=O) groups is 2. The van der Waals surface area contributed by atoms with E-state index in [1.807, 2.05) is 77.2 Å². The molecule has 2 aliphatic rings. The quantitative estimate of drug-likeness (QED) is 0.564. The molecule has 3 heterocycles. The first kappa shape index (κ1) is 23.3. The fraction of sp³-hybridized carbons (Fsp3) is 0.393. The van der Waals surface area contributed by atoms with Gasteiger partial charge in [-0.25, -0.2) is 4.68 Å². The number of nitrogens with zero attached hydrogens (tertiary/aromatic N) is 4. The first-order valence-electron chi connectivity index (χ1n) is 12.4. The number of aromatic nitrogens is 2. The van der Waals surface area contributed by atoms with E-state index < -0.39 is 0 Å². The first-order chi connectivity index (χ1) is 17.1. The van der Waals surface area contributed by atoms with Crippen molar-refractivity contribution in [2.24, 2.45) is 5.92 Å². The van der Waals surface area contributed by atoms with Gasteiger partial charge in [0.1, 0.15) is 12.3 Å². The Morgan fingerprint density at radius 3 is 2.43 bits per heavy atom. The van der Waals surface area contributed by atoms with Crippen molar-refractivity contribution < 1.29 is 14.3 Å². The molecule has 7 heteroatoms. The number of benzene rings is 2. The Morgan fingerprint density at radius 2 is 1.71 bits per heavy atom. The minimum atomic E-state index is 0.0285. The second-order valence-corrected chi connectivity index (χ2v) is 9.45. The Hall–Kier alpha value is -3.45. The second-order valence-electron chi connectivity index (χ2n) is 9.45. The zero-order chi connectivity index (χ0) is 24.4. The number of carbonyl (C=O) groups excluding carboxylic acids is 2. The van der Waals surface area contributed by atoms with Crippen LogP contribution in [0.1, 0.15) is 35.3 Å². The standard InChI is InChI=1S/C28H32N4O3/c1-20-26(27(21-10-5-3-6-11-21)29-32(20)23-13-7-4-8-14-23)28(34)31-16-9-12-22-18-30(17-15-24(22)31)25(33)19-35-2/h3-8,10-11,13-14,22,24H,9,12,15-19H2,1-2H3/t22-,24+/m1/s1. The predicted octanol–water partition coefficient (Wildman–Crippen LogP) is 3.95. The van der Waals surface area contributed by atoms with Crippen LogP contribution in [0.2, 0.25) is 0 Å². The van der Waals surface area contributed by atoms with Crippen molar-refractivity contribution in [3.05, 3.63) is 71.9 Å². The van der Waals surface area contributed by atoms with Gasteiger partial charge in [-0.2, -0.15) is 5.10 Å². The average Bonchev–Trinajstić information content (AvgIpc) is 3.25. The Labute approximate surface area is 206 Å². The third-order valence-corrected chi connectivity index (χ3v) is 7.33. The summed E-state index contributed by atoms with van der Waals surface area (Å²) >= 11 is 0. The summed E-state index contributed by atoms with van der Waals surface area (Å²) in [5.74, 6) is 0.350. The van der Waals surface area contributed by atoms with Gasteiger partial charge in [-0.05, 0) is 44.2 Å². The van der Waals surface area contributed by atoms with E-state index in [0.29, 0.717) is 24.3 Å². The zero-order valence-corrected chi connectivity index (χ0v) is 20.4. The van der Waals surface area contributed by atoms with E-state index in [-0.39, 0.29) is 30.4 Å². The molecule has 2 aliphatic heterocycles. The van der Waals surface area contributed by atoms with Crippen molar-refractivity contribution in [2.75, 3.05) is 33.4 Å². The van der Waals surface area contributed by atoms with Gasteiger partial charge in [0.15, 0.2) is 0 Å². The second kappa shape index (κ2) is 10.0. The van der Waals surface area contributed by atoms with Crippen LogP contribution in [-0.2, 0) is 9.53 Å². The molecule has 0 bridgehead atoms. The van der Waals surface area contributed by atoms with E-state index in [9.17, 15) is 9.59 Å². The molecule has 5 rings (SSSR count). The third-order valence-electron chi connectivity index (χ3n) is 7.33. The van der Waals surface area contributed by atoms with Gasteiger partial charge in [0.25, 0.3) is 5.91 Å². The van der Waals surface area contributed by atoms with Crippen molar-refractivity contribution in [1.29, 1.82) is 0 Å². The Kier molecular flexibility index (Phi) is 6.68. The molecule has 3 aromatic rings. The summed E-state index contributed by atoms with van der Waals surface area (Å²) < 4.78 is 6.93. The maximum Gasteiger partial charge on any atom is 0.258 e. The van der Waals surface area contributed by atoms with Crippen LogP contribution in [0.15, 0.2) is 60.7 Å². The number of rotatable bonds is 5. The predicted molar refractivity (Wildman–Crippen MR) is 134 cm³/mol. The van der Waals surface area contributed by atoms with Crippen LogP contribution in [0.25, 0.3) is 16.9 Å². The molecular weight excluding hydrogens is 440 g/mol. The highest BCUT2D eigenvalue weighted by molar-refractivity contribution is 6.01. The fourth-order valence-electron chi connectivity index (χ4n) is 5.62.